The first-order valence-corrected chi connectivity index (χ1v) is 10.7. The second-order valence-corrected chi connectivity index (χ2v) is 8.12. The summed E-state index contributed by atoms with van der Waals surface area (Å²) >= 11 is 0. The summed E-state index contributed by atoms with van der Waals surface area (Å²) in [6, 6.07) is 13.6. The zero-order valence-corrected chi connectivity index (χ0v) is 17.3. The summed E-state index contributed by atoms with van der Waals surface area (Å²) in [5.41, 5.74) is 6.86. The molecule has 0 heterocycles. The standard InChI is InChI=1S/C25H35NO/c1-4-6-21-11-14-25(27)23-13-12-22(18-24(21)23)26(16-5-2)17-15-20-9-7-19(3)8-10-20/h7-11,14,22,27H,4-6,12-13,15-18H2,1-3H3/t22-/m0/s1. The predicted molar refractivity (Wildman–Crippen MR) is 115 cm³/mol. The van der Waals surface area contributed by atoms with Gasteiger partial charge in [0, 0.05) is 12.6 Å². The Morgan fingerprint density at radius 1 is 0.926 bits per heavy atom. The molecule has 0 fully saturated rings. The van der Waals surface area contributed by atoms with E-state index in [0.717, 1.165) is 51.6 Å². The van der Waals surface area contributed by atoms with Crippen molar-refractivity contribution in [2.24, 2.45) is 0 Å². The second kappa shape index (κ2) is 9.41. The van der Waals surface area contributed by atoms with Gasteiger partial charge in [-0.3, -0.25) is 4.90 Å². The molecule has 0 aromatic heterocycles. The summed E-state index contributed by atoms with van der Waals surface area (Å²) in [6.07, 6.45) is 7.84. The van der Waals surface area contributed by atoms with Crippen LogP contribution in [0.2, 0.25) is 0 Å². The van der Waals surface area contributed by atoms with Crippen molar-refractivity contribution in [2.75, 3.05) is 13.1 Å². The average Bonchev–Trinajstić information content (AvgIpc) is 2.68. The maximum absolute atomic E-state index is 10.3. The van der Waals surface area contributed by atoms with E-state index in [2.05, 4.69) is 56.0 Å². The van der Waals surface area contributed by atoms with E-state index in [1.54, 1.807) is 0 Å². The third-order valence-electron chi connectivity index (χ3n) is 6.03. The van der Waals surface area contributed by atoms with Crippen LogP contribution < -0.4 is 0 Å². The van der Waals surface area contributed by atoms with Crippen LogP contribution in [-0.4, -0.2) is 29.1 Å². The molecule has 1 aliphatic carbocycles. The molecule has 0 radical (unpaired) electrons. The van der Waals surface area contributed by atoms with Gasteiger partial charge in [-0.05, 0) is 80.3 Å². The van der Waals surface area contributed by atoms with Crippen molar-refractivity contribution in [3.63, 3.8) is 0 Å². The number of nitrogens with zero attached hydrogens (tertiary/aromatic N) is 1. The number of phenols is 1. The predicted octanol–water partition coefficient (Wildman–Crippen LogP) is 5.47. The summed E-state index contributed by atoms with van der Waals surface area (Å²) in [7, 11) is 0. The van der Waals surface area contributed by atoms with Crippen molar-refractivity contribution in [3.05, 3.63) is 64.2 Å². The smallest absolute Gasteiger partial charge is 0.119 e. The molecule has 0 bridgehead atoms. The highest BCUT2D eigenvalue weighted by Gasteiger charge is 2.27. The first-order valence-electron chi connectivity index (χ1n) is 10.7. The summed E-state index contributed by atoms with van der Waals surface area (Å²) < 4.78 is 0. The lowest BCUT2D eigenvalue weighted by atomic mass is 9.83. The van der Waals surface area contributed by atoms with E-state index in [1.807, 2.05) is 6.07 Å². The highest BCUT2D eigenvalue weighted by Crippen LogP contribution is 2.34. The van der Waals surface area contributed by atoms with Gasteiger partial charge in [-0.25, -0.2) is 0 Å². The fourth-order valence-electron chi connectivity index (χ4n) is 4.52. The van der Waals surface area contributed by atoms with Crippen molar-refractivity contribution in [1.29, 1.82) is 0 Å². The Kier molecular flexibility index (Phi) is 6.95. The SMILES string of the molecule is CCCc1ccc(O)c2c1C[C@@H](N(CCC)CCc1ccc(C)cc1)CC2. The molecule has 0 spiro atoms. The van der Waals surface area contributed by atoms with Crippen LogP contribution in [0.3, 0.4) is 0 Å². The zero-order valence-electron chi connectivity index (χ0n) is 17.3. The van der Waals surface area contributed by atoms with Gasteiger partial charge >= 0.3 is 0 Å². The number of phenolic OH excluding ortho intramolecular Hbond substituents is 1. The molecule has 0 amide bonds. The van der Waals surface area contributed by atoms with E-state index in [9.17, 15) is 5.11 Å². The average molecular weight is 366 g/mol. The van der Waals surface area contributed by atoms with Gasteiger partial charge in [0.05, 0.1) is 0 Å². The summed E-state index contributed by atoms with van der Waals surface area (Å²) in [6.45, 7) is 8.96. The van der Waals surface area contributed by atoms with Gasteiger partial charge in [-0.2, -0.15) is 0 Å². The second-order valence-electron chi connectivity index (χ2n) is 8.12. The first kappa shape index (κ1) is 19.9. The van der Waals surface area contributed by atoms with Crippen molar-refractivity contribution in [2.45, 2.75) is 71.8 Å². The minimum atomic E-state index is 0.505. The Bertz CT molecular complexity index is 735. The van der Waals surface area contributed by atoms with Crippen molar-refractivity contribution in [3.8, 4) is 5.75 Å². The number of aryl methyl sites for hydroxylation is 2. The lowest BCUT2D eigenvalue weighted by Gasteiger charge is -2.36. The molecule has 1 atom stereocenters. The minimum Gasteiger partial charge on any atom is -0.508 e. The number of rotatable bonds is 8. The van der Waals surface area contributed by atoms with Crippen molar-refractivity contribution in [1.82, 2.24) is 4.90 Å². The van der Waals surface area contributed by atoms with Crippen LogP contribution in [0.25, 0.3) is 0 Å². The highest BCUT2D eigenvalue weighted by atomic mass is 16.3. The maximum Gasteiger partial charge on any atom is 0.119 e. The Balaban J connectivity index is 1.73. The van der Waals surface area contributed by atoms with Crippen LogP contribution in [0.4, 0.5) is 0 Å². The number of benzene rings is 2. The van der Waals surface area contributed by atoms with Gasteiger partial charge in [0.15, 0.2) is 0 Å². The normalized spacial score (nSPS) is 16.5. The fraction of sp³-hybridized carbons (Fsp3) is 0.520. The van der Waals surface area contributed by atoms with Gasteiger partial charge in [0.1, 0.15) is 5.75 Å². The number of aromatic hydroxyl groups is 1. The van der Waals surface area contributed by atoms with Crippen LogP contribution in [0.15, 0.2) is 36.4 Å². The van der Waals surface area contributed by atoms with Crippen molar-refractivity contribution < 1.29 is 5.11 Å². The molecule has 2 aromatic rings. The van der Waals surface area contributed by atoms with Gasteiger partial charge in [-0.1, -0.05) is 56.2 Å². The molecule has 0 unspecified atom stereocenters. The molecule has 2 heteroatoms. The fourth-order valence-corrected chi connectivity index (χ4v) is 4.52. The van der Waals surface area contributed by atoms with Crippen LogP contribution in [0.1, 0.15) is 60.9 Å². The molecule has 2 aromatic carbocycles. The van der Waals surface area contributed by atoms with E-state index in [-0.39, 0.29) is 0 Å². The first-order chi connectivity index (χ1) is 13.1. The summed E-state index contributed by atoms with van der Waals surface area (Å²) in [5, 5.41) is 10.3. The number of hydrogen-bond donors (Lipinski definition) is 1. The van der Waals surface area contributed by atoms with Gasteiger partial charge in [0.25, 0.3) is 0 Å². The Labute approximate surface area is 165 Å². The lowest BCUT2D eigenvalue weighted by molar-refractivity contribution is 0.181. The molecule has 2 nitrogen and oxygen atoms in total. The molecule has 146 valence electrons. The topological polar surface area (TPSA) is 23.5 Å². The highest BCUT2D eigenvalue weighted by molar-refractivity contribution is 5.46. The van der Waals surface area contributed by atoms with E-state index in [1.165, 1.54) is 34.2 Å². The van der Waals surface area contributed by atoms with Crippen LogP contribution >= 0.6 is 0 Å². The van der Waals surface area contributed by atoms with Gasteiger partial charge in [0.2, 0.25) is 0 Å². The Hall–Kier alpha value is -1.80. The van der Waals surface area contributed by atoms with Gasteiger partial charge in [-0.15, -0.1) is 0 Å². The molecular weight excluding hydrogens is 330 g/mol. The minimum absolute atomic E-state index is 0.505. The van der Waals surface area contributed by atoms with E-state index in [4.69, 9.17) is 0 Å². The molecule has 0 saturated carbocycles. The molecule has 0 saturated heterocycles. The molecule has 1 N–H and O–H groups in total. The maximum atomic E-state index is 10.3. The molecular formula is C25H35NO. The summed E-state index contributed by atoms with van der Waals surface area (Å²) in [5.74, 6) is 0.505. The van der Waals surface area contributed by atoms with Crippen LogP contribution in [-0.2, 0) is 25.7 Å². The Morgan fingerprint density at radius 2 is 1.70 bits per heavy atom. The third kappa shape index (κ3) is 4.93. The van der Waals surface area contributed by atoms with Crippen LogP contribution in [0, 0.1) is 6.92 Å². The molecule has 27 heavy (non-hydrogen) atoms. The lowest BCUT2D eigenvalue weighted by Crippen LogP contribution is -2.41. The summed E-state index contributed by atoms with van der Waals surface area (Å²) in [4.78, 5) is 2.70. The third-order valence-corrected chi connectivity index (χ3v) is 6.03. The molecule has 0 aliphatic heterocycles. The number of hydrogen-bond acceptors (Lipinski definition) is 2. The van der Waals surface area contributed by atoms with E-state index in [0.29, 0.717) is 11.8 Å². The van der Waals surface area contributed by atoms with Crippen molar-refractivity contribution >= 4 is 0 Å². The Morgan fingerprint density at radius 3 is 2.41 bits per heavy atom. The number of fused-ring (bicyclic) bond motifs is 1. The molecule has 1 aliphatic rings. The quantitative estimate of drug-likeness (QED) is 0.671. The van der Waals surface area contributed by atoms with Gasteiger partial charge < -0.3 is 5.11 Å². The largest absolute Gasteiger partial charge is 0.508 e. The van der Waals surface area contributed by atoms with Crippen LogP contribution in [0.5, 0.6) is 5.75 Å². The molecule has 3 rings (SSSR count). The zero-order chi connectivity index (χ0) is 19.2. The van der Waals surface area contributed by atoms with E-state index < -0.39 is 0 Å². The van der Waals surface area contributed by atoms with E-state index >= 15 is 0 Å². The monoisotopic (exact) mass is 365 g/mol.